The molecule has 0 fully saturated rings. The zero-order valence-electron chi connectivity index (χ0n) is 17.9. The fraction of sp³-hybridized carbons (Fsp3) is 0.238. The van der Waals surface area contributed by atoms with E-state index >= 15 is 0 Å². The lowest BCUT2D eigenvalue weighted by molar-refractivity contribution is 0.249. The normalized spacial score (nSPS) is 11.8. The molecule has 0 aliphatic carbocycles. The fourth-order valence-electron chi connectivity index (χ4n) is 3.23. The number of urea groups is 1. The first kappa shape index (κ1) is 21.4. The maximum atomic E-state index is 12.6. The van der Waals surface area contributed by atoms with Gasteiger partial charge in [0.05, 0.1) is 37.9 Å². The van der Waals surface area contributed by atoms with Gasteiger partial charge in [-0.2, -0.15) is 9.50 Å². The number of fused-ring (bicyclic) bond motifs is 1. The number of aromatic nitrogens is 4. The van der Waals surface area contributed by atoms with Crippen LogP contribution >= 0.6 is 11.3 Å². The zero-order chi connectivity index (χ0) is 22.7. The second kappa shape index (κ2) is 9.10. The van der Waals surface area contributed by atoms with E-state index in [2.05, 4.69) is 25.7 Å². The predicted molar refractivity (Wildman–Crippen MR) is 121 cm³/mol. The molecule has 0 saturated heterocycles. The summed E-state index contributed by atoms with van der Waals surface area (Å²) in [5.41, 5.74) is 1.62. The molecule has 2 N–H and O–H groups in total. The maximum absolute atomic E-state index is 12.6. The molecule has 11 heteroatoms. The molecule has 10 nitrogen and oxygen atoms in total. The second-order valence-electron chi connectivity index (χ2n) is 6.73. The third-order valence-corrected chi connectivity index (χ3v) is 5.67. The van der Waals surface area contributed by atoms with Crippen LogP contribution in [0.25, 0.3) is 16.3 Å². The largest absolute Gasteiger partial charge is 0.493 e. The molecule has 1 unspecified atom stereocenters. The molecular formula is C21H22N6O4S. The lowest BCUT2D eigenvalue weighted by Crippen LogP contribution is -2.31. The molecule has 0 saturated carbocycles. The van der Waals surface area contributed by atoms with E-state index in [4.69, 9.17) is 14.2 Å². The third-order valence-electron chi connectivity index (χ3n) is 4.77. The summed E-state index contributed by atoms with van der Waals surface area (Å²) in [4.78, 5) is 22.1. The summed E-state index contributed by atoms with van der Waals surface area (Å²) >= 11 is 1.58. The van der Waals surface area contributed by atoms with Gasteiger partial charge in [0.15, 0.2) is 11.5 Å². The van der Waals surface area contributed by atoms with Gasteiger partial charge in [-0.1, -0.05) is 6.07 Å². The molecule has 1 aromatic carbocycles. The molecule has 0 bridgehead atoms. The Balaban J connectivity index is 1.52. The number of nitrogens with one attached hydrogen (secondary N) is 2. The molecule has 166 valence electrons. The highest BCUT2D eigenvalue weighted by Gasteiger charge is 2.19. The standard InChI is InChI=1S/C21H22N6O4S/c1-12(13-10-15(29-2)18(31-4)16(11-13)30-3)23-21(28)25-19-24-20-22-8-7-14(27(20)26-19)17-6-5-9-32-17/h5-12H,1-4H3,(H2,23,25,26,28). The summed E-state index contributed by atoms with van der Waals surface area (Å²) in [6.45, 7) is 1.84. The number of ether oxygens (including phenoxy) is 3. The minimum Gasteiger partial charge on any atom is -0.493 e. The highest BCUT2D eigenvalue weighted by atomic mass is 32.1. The van der Waals surface area contributed by atoms with Crippen molar-refractivity contribution in [3.63, 3.8) is 0 Å². The van der Waals surface area contributed by atoms with Crippen LogP contribution in [0.1, 0.15) is 18.5 Å². The first-order chi connectivity index (χ1) is 15.5. The molecule has 32 heavy (non-hydrogen) atoms. The first-order valence-corrected chi connectivity index (χ1v) is 10.5. The minimum absolute atomic E-state index is 0.149. The van der Waals surface area contributed by atoms with Gasteiger partial charge in [-0.25, -0.2) is 9.78 Å². The van der Waals surface area contributed by atoms with Crippen molar-refractivity contribution in [3.8, 4) is 27.8 Å². The number of amides is 2. The Kier molecular flexibility index (Phi) is 6.08. The summed E-state index contributed by atoms with van der Waals surface area (Å²) < 4.78 is 17.7. The van der Waals surface area contributed by atoms with Crippen molar-refractivity contribution in [2.24, 2.45) is 0 Å². The highest BCUT2D eigenvalue weighted by Crippen LogP contribution is 2.39. The van der Waals surface area contributed by atoms with Crippen LogP contribution < -0.4 is 24.8 Å². The van der Waals surface area contributed by atoms with E-state index in [1.165, 1.54) is 7.11 Å². The summed E-state index contributed by atoms with van der Waals surface area (Å²) in [5.74, 6) is 2.04. The van der Waals surface area contributed by atoms with Gasteiger partial charge in [-0.05, 0) is 42.1 Å². The summed E-state index contributed by atoms with van der Waals surface area (Å²) in [6, 6.07) is 8.55. The quantitative estimate of drug-likeness (QED) is 0.437. The molecular weight excluding hydrogens is 432 g/mol. The van der Waals surface area contributed by atoms with Crippen molar-refractivity contribution in [2.45, 2.75) is 13.0 Å². The number of carbonyl (C=O) groups excluding carboxylic acids is 1. The Morgan fingerprint density at radius 2 is 1.88 bits per heavy atom. The van der Waals surface area contributed by atoms with Crippen LogP contribution in [0, 0.1) is 0 Å². The van der Waals surface area contributed by atoms with Gasteiger partial charge in [-0.15, -0.1) is 16.4 Å². The lowest BCUT2D eigenvalue weighted by atomic mass is 10.1. The molecule has 4 aromatic rings. The number of rotatable bonds is 7. The number of carbonyl (C=O) groups is 1. The first-order valence-electron chi connectivity index (χ1n) is 9.67. The summed E-state index contributed by atoms with van der Waals surface area (Å²) in [7, 11) is 4.62. The lowest BCUT2D eigenvalue weighted by Gasteiger charge is -2.18. The third kappa shape index (κ3) is 4.14. The second-order valence-corrected chi connectivity index (χ2v) is 7.68. The topological polar surface area (TPSA) is 112 Å². The Hall–Kier alpha value is -3.86. The van der Waals surface area contributed by atoms with E-state index in [0.29, 0.717) is 23.0 Å². The number of thiophene rings is 1. The molecule has 3 heterocycles. The van der Waals surface area contributed by atoms with Crippen LogP contribution in [0.4, 0.5) is 10.7 Å². The van der Waals surface area contributed by atoms with E-state index in [1.54, 1.807) is 48.4 Å². The van der Waals surface area contributed by atoms with Crippen LogP contribution in [-0.4, -0.2) is 46.9 Å². The Labute approximate surface area is 188 Å². The number of nitrogens with zero attached hydrogens (tertiary/aromatic N) is 4. The number of anilines is 1. The molecule has 0 spiro atoms. The van der Waals surface area contributed by atoms with E-state index in [9.17, 15) is 4.79 Å². The molecule has 0 aliphatic rings. The van der Waals surface area contributed by atoms with Crippen molar-refractivity contribution in [2.75, 3.05) is 26.6 Å². The van der Waals surface area contributed by atoms with Crippen LogP contribution in [0.15, 0.2) is 41.9 Å². The van der Waals surface area contributed by atoms with Crippen molar-refractivity contribution >= 4 is 29.1 Å². The SMILES string of the molecule is COc1cc(C(C)NC(=O)Nc2nc3nccc(-c4cccs4)n3n2)cc(OC)c1OC. The molecule has 1 atom stereocenters. The average molecular weight is 455 g/mol. The maximum Gasteiger partial charge on any atom is 0.322 e. The van der Waals surface area contributed by atoms with Gasteiger partial charge in [0.25, 0.3) is 11.7 Å². The molecule has 2 amide bonds. The van der Waals surface area contributed by atoms with Gasteiger partial charge in [-0.3, -0.25) is 5.32 Å². The molecule has 3 aromatic heterocycles. The van der Waals surface area contributed by atoms with Crippen molar-refractivity contribution < 1.29 is 19.0 Å². The van der Waals surface area contributed by atoms with Crippen LogP contribution in [-0.2, 0) is 0 Å². The average Bonchev–Trinajstić information content (AvgIpc) is 3.47. The molecule has 0 aliphatic heterocycles. The van der Waals surface area contributed by atoms with Crippen LogP contribution in [0.5, 0.6) is 17.2 Å². The summed E-state index contributed by atoms with van der Waals surface area (Å²) in [5, 5.41) is 11.9. The minimum atomic E-state index is -0.458. The van der Waals surface area contributed by atoms with E-state index in [-0.39, 0.29) is 12.0 Å². The van der Waals surface area contributed by atoms with Crippen LogP contribution in [0.3, 0.4) is 0 Å². The zero-order valence-corrected chi connectivity index (χ0v) is 18.8. The smallest absolute Gasteiger partial charge is 0.322 e. The van der Waals surface area contributed by atoms with E-state index in [0.717, 1.165) is 16.1 Å². The van der Waals surface area contributed by atoms with E-state index < -0.39 is 6.03 Å². The number of methoxy groups -OCH3 is 3. The number of hydrogen-bond donors (Lipinski definition) is 2. The predicted octanol–water partition coefficient (Wildman–Crippen LogP) is 3.76. The van der Waals surface area contributed by atoms with Gasteiger partial charge >= 0.3 is 6.03 Å². The number of hydrogen-bond acceptors (Lipinski definition) is 8. The van der Waals surface area contributed by atoms with Gasteiger partial charge in [0, 0.05) is 6.20 Å². The molecule has 0 radical (unpaired) electrons. The number of benzene rings is 1. The summed E-state index contributed by atoms with van der Waals surface area (Å²) in [6.07, 6.45) is 1.66. The van der Waals surface area contributed by atoms with Gasteiger partial charge < -0.3 is 19.5 Å². The Bertz CT molecular complexity index is 1220. The Morgan fingerprint density at radius 1 is 1.12 bits per heavy atom. The van der Waals surface area contributed by atoms with Crippen LogP contribution in [0.2, 0.25) is 0 Å². The molecule has 4 rings (SSSR count). The fourth-order valence-corrected chi connectivity index (χ4v) is 3.96. The van der Waals surface area contributed by atoms with Crippen molar-refractivity contribution in [3.05, 3.63) is 47.5 Å². The van der Waals surface area contributed by atoms with Crippen molar-refractivity contribution in [1.82, 2.24) is 24.9 Å². The Morgan fingerprint density at radius 3 is 2.50 bits per heavy atom. The van der Waals surface area contributed by atoms with Gasteiger partial charge in [0.1, 0.15) is 0 Å². The van der Waals surface area contributed by atoms with E-state index in [1.807, 2.05) is 30.5 Å². The monoisotopic (exact) mass is 454 g/mol. The van der Waals surface area contributed by atoms with Gasteiger partial charge in [0.2, 0.25) is 5.75 Å². The highest BCUT2D eigenvalue weighted by molar-refractivity contribution is 7.13. The van der Waals surface area contributed by atoms with Crippen molar-refractivity contribution in [1.29, 1.82) is 0 Å².